The summed E-state index contributed by atoms with van der Waals surface area (Å²) < 4.78 is 12.8. The number of rotatable bonds is 1. The molecule has 1 heterocycles. The van der Waals surface area contributed by atoms with Gasteiger partial charge in [-0.3, -0.25) is 4.79 Å². The normalized spacial score (nSPS) is 15.6. The molecule has 0 atom stereocenters. The molecule has 1 aliphatic heterocycles. The van der Waals surface area contributed by atoms with Crippen molar-refractivity contribution in [2.24, 2.45) is 0 Å². The third-order valence-electron chi connectivity index (χ3n) is 2.87. The topological polar surface area (TPSA) is 29.1 Å². The Kier molecular flexibility index (Phi) is 2.45. The number of hydrogen-bond donors (Lipinski definition) is 1. The fraction of sp³-hybridized carbons (Fsp3) is 0. The number of nitrogens with one attached hydrogen (secondary N) is 1. The quantitative estimate of drug-likeness (QED) is 0.772. The monoisotopic (exact) mass is 239 g/mol. The van der Waals surface area contributed by atoms with Gasteiger partial charge in [-0.05, 0) is 35.9 Å². The zero-order valence-electron chi connectivity index (χ0n) is 9.48. The van der Waals surface area contributed by atoms with Crippen LogP contribution in [0.4, 0.5) is 10.1 Å². The minimum atomic E-state index is -0.286. The molecular weight excluding hydrogens is 229 g/mol. The fourth-order valence-corrected chi connectivity index (χ4v) is 1.96. The number of ketones is 1. The van der Waals surface area contributed by atoms with Crippen LogP contribution >= 0.6 is 0 Å². The predicted octanol–water partition coefficient (Wildman–Crippen LogP) is 3.48. The SMILES string of the molecule is O=C1/C(=C\c2ccc(F)cc2)Nc2ccccc21. The van der Waals surface area contributed by atoms with Gasteiger partial charge in [0.05, 0.1) is 5.70 Å². The molecule has 88 valence electrons. The maximum Gasteiger partial charge on any atom is 0.211 e. The standard InChI is InChI=1S/C15H10FNO/c16-11-7-5-10(6-8-11)9-14-15(18)12-3-1-2-4-13(12)17-14/h1-9,17H/b14-9+. The van der Waals surface area contributed by atoms with Gasteiger partial charge in [0.25, 0.3) is 0 Å². The largest absolute Gasteiger partial charge is 0.352 e. The molecule has 0 saturated heterocycles. The van der Waals surface area contributed by atoms with Crippen LogP contribution < -0.4 is 5.32 Å². The van der Waals surface area contributed by atoms with Crippen LogP contribution in [0.2, 0.25) is 0 Å². The van der Waals surface area contributed by atoms with Gasteiger partial charge < -0.3 is 5.32 Å². The number of allylic oxidation sites excluding steroid dienone is 1. The van der Waals surface area contributed by atoms with Gasteiger partial charge in [0, 0.05) is 11.3 Å². The smallest absolute Gasteiger partial charge is 0.211 e. The number of hydrogen-bond acceptors (Lipinski definition) is 2. The Morgan fingerprint density at radius 2 is 1.72 bits per heavy atom. The molecule has 0 unspecified atom stereocenters. The molecule has 2 nitrogen and oxygen atoms in total. The van der Waals surface area contributed by atoms with Crippen LogP contribution in [-0.4, -0.2) is 5.78 Å². The maximum atomic E-state index is 12.8. The fourth-order valence-electron chi connectivity index (χ4n) is 1.96. The van der Waals surface area contributed by atoms with E-state index in [9.17, 15) is 9.18 Å². The molecule has 0 bridgehead atoms. The van der Waals surface area contributed by atoms with E-state index in [1.54, 1.807) is 24.3 Å². The van der Waals surface area contributed by atoms with Crippen LogP contribution in [0.3, 0.4) is 0 Å². The van der Waals surface area contributed by atoms with E-state index in [0.29, 0.717) is 11.3 Å². The predicted molar refractivity (Wildman–Crippen MR) is 68.8 cm³/mol. The molecule has 3 rings (SSSR count). The molecule has 0 amide bonds. The average Bonchev–Trinajstić information content (AvgIpc) is 2.70. The molecule has 1 N–H and O–H groups in total. The number of halogens is 1. The lowest BCUT2D eigenvalue weighted by Gasteiger charge is -1.98. The second-order valence-corrected chi connectivity index (χ2v) is 4.11. The minimum absolute atomic E-state index is 0.0325. The van der Waals surface area contributed by atoms with Gasteiger partial charge in [-0.2, -0.15) is 0 Å². The molecule has 1 aliphatic rings. The first-order valence-corrected chi connectivity index (χ1v) is 5.62. The van der Waals surface area contributed by atoms with Crippen molar-refractivity contribution in [2.75, 3.05) is 5.32 Å². The van der Waals surface area contributed by atoms with E-state index in [1.807, 2.05) is 18.2 Å². The van der Waals surface area contributed by atoms with Crippen molar-refractivity contribution in [3.05, 3.63) is 71.2 Å². The number of anilines is 1. The second-order valence-electron chi connectivity index (χ2n) is 4.11. The molecule has 0 spiro atoms. The summed E-state index contributed by atoms with van der Waals surface area (Å²) in [5.74, 6) is -0.318. The van der Waals surface area contributed by atoms with Gasteiger partial charge in [0.2, 0.25) is 5.78 Å². The summed E-state index contributed by atoms with van der Waals surface area (Å²) in [4.78, 5) is 12.1. The van der Waals surface area contributed by atoms with Gasteiger partial charge in [-0.25, -0.2) is 4.39 Å². The Bertz CT molecular complexity index is 644. The summed E-state index contributed by atoms with van der Waals surface area (Å²) in [6.07, 6.45) is 1.72. The van der Waals surface area contributed by atoms with Gasteiger partial charge in [-0.1, -0.05) is 24.3 Å². The van der Waals surface area contributed by atoms with Gasteiger partial charge in [-0.15, -0.1) is 0 Å². The van der Waals surface area contributed by atoms with Crippen LogP contribution in [0.15, 0.2) is 54.2 Å². The molecule has 18 heavy (non-hydrogen) atoms. The first-order valence-electron chi connectivity index (χ1n) is 5.62. The number of carbonyl (C=O) groups is 1. The Balaban J connectivity index is 1.97. The van der Waals surface area contributed by atoms with E-state index in [-0.39, 0.29) is 11.6 Å². The van der Waals surface area contributed by atoms with Crippen LogP contribution in [0.1, 0.15) is 15.9 Å². The zero-order chi connectivity index (χ0) is 12.5. The van der Waals surface area contributed by atoms with E-state index in [2.05, 4.69) is 5.32 Å². The molecule has 0 radical (unpaired) electrons. The second kappa shape index (κ2) is 4.11. The summed E-state index contributed by atoms with van der Waals surface area (Å²) in [5, 5.41) is 3.07. The highest BCUT2D eigenvalue weighted by Crippen LogP contribution is 2.28. The van der Waals surface area contributed by atoms with E-state index >= 15 is 0 Å². The van der Waals surface area contributed by atoms with Crippen LogP contribution in [0.5, 0.6) is 0 Å². The number of fused-ring (bicyclic) bond motifs is 1. The van der Waals surface area contributed by atoms with Crippen molar-refractivity contribution in [2.45, 2.75) is 0 Å². The van der Waals surface area contributed by atoms with E-state index in [4.69, 9.17) is 0 Å². The maximum absolute atomic E-state index is 12.8. The summed E-state index contributed by atoms with van der Waals surface area (Å²) in [5.41, 5.74) is 2.80. The minimum Gasteiger partial charge on any atom is -0.352 e. The highest BCUT2D eigenvalue weighted by Gasteiger charge is 2.23. The van der Waals surface area contributed by atoms with Crippen molar-refractivity contribution in [3.8, 4) is 0 Å². The molecule has 0 saturated carbocycles. The van der Waals surface area contributed by atoms with Gasteiger partial charge >= 0.3 is 0 Å². The van der Waals surface area contributed by atoms with Crippen molar-refractivity contribution >= 4 is 17.5 Å². The number of Topliss-reactive ketones (excluding diaryl/α,β-unsaturated/α-hetero) is 1. The Hall–Kier alpha value is -2.42. The molecule has 2 aromatic rings. The molecule has 0 aliphatic carbocycles. The lowest BCUT2D eigenvalue weighted by molar-refractivity contribution is 0.104. The van der Waals surface area contributed by atoms with Gasteiger partial charge in [0.1, 0.15) is 5.82 Å². The molecular formula is C15H10FNO. The molecule has 3 heteroatoms. The highest BCUT2D eigenvalue weighted by molar-refractivity contribution is 6.20. The summed E-state index contributed by atoms with van der Waals surface area (Å²) >= 11 is 0. The number of para-hydroxylation sites is 1. The third-order valence-corrected chi connectivity index (χ3v) is 2.87. The molecule has 0 aromatic heterocycles. The molecule has 0 fully saturated rings. The zero-order valence-corrected chi connectivity index (χ0v) is 9.48. The van der Waals surface area contributed by atoms with E-state index < -0.39 is 0 Å². The summed E-state index contributed by atoms with van der Waals surface area (Å²) in [7, 11) is 0. The Morgan fingerprint density at radius 1 is 1.00 bits per heavy atom. The van der Waals surface area contributed by atoms with E-state index in [0.717, 1.165) is 11.3 Å². The first kappa shape index (κ1) is 10.7. The first-order chi connectivity index (χ1) is 8.74. The highest BCUT2D eigenvalue weighted by atomic mass is 19.1. The Labute approximate surface area is 104 Å². The summed E-state index contributed by atoms with van der Waals surface area (Å²) in [6, 6.07) is 13.4. The van der Waals surface area contributed by atoms with Crippen molar-refractivity contribution < 1.29 is 9.18 Å². The van der Waals surface area contributed by atoms with Crippen LogP contribution in [0.25, 0.3) is 6.08 Å². The summed E-state index contributed by atoms with van der Waals surface area (Å²) in [6.45, 7) is 0. The molecule has 2 aromatic carbocycles. The van der Waals surface area contributed by atoms with Gasteiger partial charge in [0.15, 0.2) is 0 Å². The van der Waals surface area contributed by atoms with Crippen LogP contribution in [0, 0.1) is 5.82 Å². The number of carbonyl (C=O) groups excluding carboxylic acids is 1. The lowest BCUT2D eigenvalue weighted by Crippen LogP contribution is -1.99. The van der Waals surface area contributed by atoms with Crippen molar-refractivity contribution in [1.29, 1.82) is 0 Å². The lowest BCUT2D eigenvalue weighted by atomic mass is 10.1. The number of benzene rings is 2. The van der Waals surface area contributed by atoms with Crippen molar-refractivity contribution in [1.82, 2.24) is 0 Å². The third kappa shape index (κ3) is 1.80. The van der Waals surface area contributed by atoms with E-state index in [1.165, 1.54) is 12.1 Å². The average molecular weight is 239 g/mol. The van der Waals surface area contributed by atoms with Crippen molar-refractivity contribution in [3.63, 3.8) is 0 Å². The van der Waals surface area contributed by atoms with Crippen LogP contribution in [-0.2, 0) is 0 Å². The Morgan fingerprint density at radius 3 is 2.44 bits per heavy atom.